The van der Waals surface area contributed by atoms with E-state index in [1.165, 1.54) is 22.2 Å². The molecule has 0 N–H and O–H groups in total. The van der Waals surface area contributed by atoms with Crippen LogP contribution < -0.4 is 0 Å². The molecule has 7 rings (SSSR count). The maximum absolute atomic E-state index is 4.95. The van der Waals surface area contributed by atoms with Crippen LogP contribution in [0.1, 0.15) is 17.7 Å². The van der Waals surface area contributed by atoms with Gasteiger partial charge in [-0.1, -0.05) is 119 Å². The summed E-state index contributed by atoms with van der Waals surface area (Å²) in [4.78, 5) is 14.8. The molecule has 192 valence electrons. The Balaban J connectivity index is 1.42. The number of allylic oxidation sites excluding steroid dienone is 3. The molecule has 0 radical (unpaired) electrons. The lowest BCUT2D eigenvalue weighted by Crippen LogP contribution is -2.03. The van der Waals surface area contributed by atoms with Crippen LogP contribution >= 0.6 is 15.9 Å². The second-order valence-corrected chi connectivity index (χ2v) is 10.7. The van der Waals surface area contributed by atoms with Crippen molar-refractivity contribution in [1.82, 2.24) is 19.5 Å². The molecule has 1 aliphatic rings. The zero-order valence-electron chi connectivity index (χ0n) is 21.7. The van der Waals surface area contributed by atoms with Gasteiger partial charge in [-0.15, -0.1) is 0 Å². The van der Waals surface area contributed by atoms with Gasteiger partial charge in [-0.3, -0.25) is 0 Å². The molecule has 4 nitrogen and oxygen atoms in total. The normalized spacial score (nSPS) is 14.3. The molecule has 0 saturated carbocycles. The maximum Gasteiger partial charge on any atom is 0.164 e. The molecule has 0 unspecified atom stereocenters. The first kappa shape index (κ1) is 24.4. The SMILES string of the molecule is Brc1ccc2c3c(n(-c4cccc(-c5nc(-c6ccccc6)nc(-c6ccccc6)n5)c4)c2c1)CC/C=C/C=C\3. The topological polar surface area (TPSA) is 43.6 Å². The van der Waals surface area contributed by atoms with E-state index in [1.807, 2.05) is 60.7 Å². The molecular formula is C35H25BrN4. The predicted octanol–water partition coefficient (Wildman–Crippen LogP) is 9.09. The molecule has 1 aliphatic carbocycles. The summed E-state index contributed by atoms with van der Waals surface area (Å²) in [5.74, 6) is 1.97. The minimum absolute atomic E-state index is 0.651. The fraction of sp³-hybridized carbons (Fsp3) is 0.0571. The molecule has 0 amide bonds. The van der Waals surface area contributed by atoms with Crippen molar-refractivity contribution < 1.29 is 0 Å². The first-order chi connectivity index (χ1) is 19.7. The average molecular weight is 582 g/mol. The van der Waals surface area contributed by atoms with E-state index < -0.39 is 0 Å². The van der Waals surface area contributed by atoms with E-state index in [-0.39, 0.29) is 0 Å². The molecule has 40 heavy (non-hydrogen) atoms. The van der Waals surface area contributed by atoms with Gasteiger partial charge in [0.25, 0.3) is 0 Å². The zero-order chi connectivity index (χ0) is 26.9. The third-order valence-electron chi connectivity index (χ3n) is 7.19. The molecule has 5 heteroatoms. The molecule has 2 aromatic heterocycles. The number of rotatable bonds is 4. The summed E-state index contributed by atoms with van der Waals surface area (Å²) in [6.45, 7) is 0. The van der Waals surface area contributed by atoms with Crippen molar-refractivity contribution in [2.24, 2.45) is 0 Å². The predicted molar refractivity (Wildman–Crippen MR) is 167 cm³/mol. The van der Waals surface area contributed by atoms with E-state index >= 15 is 0 Å². The van der Waals surface area contributed by atoms with Crippen LogP contribution in [0.2, 0.25) is 0 Å². The molecular weight excluding hydrogens is 556 g/mol. The summed E-state index contributed by atoms with van der Waals surface area (Å²) < 4.78 is 3.45. The van der Waals surface area contributed by atoms with Gasteiger partial charge in [0.15, 0.2) is 17.5 Å². The lowest BCUT2D eigenvalue weighted by Gasteiger charge is -2.14. The van der Waals surface area contributed by atoms with Crippen LogP contribution in [0.4, 0.5) is 0 Å². The van der Waals surface area contributed by atoms with Gasteiger partial charge >= 0.3 is 0 Å². The number of hydrogen-bond acceptors (Lipinski definition) is 3. The quantitative estimate of drug-likeness (QED) is 0.209. The first-order valence-electron chi connectivity index (χ1n) is 13.4. The molecule has 4 aromatic carbocycles. The van der Waals surface area contributed by atoms with E-state index in [9.17, 15) is 0 Å². The standard InChI is InChI=1S/C35H25BrN4/c36-27-20-21-30-29-18-9-1-2-10-19-31(29)40(32(30)23-27)28-17-11-16-26(22-28)35-38-33(24-12-5-3-6-13-24)37-34(39-35)25-14-7-4-8-15-25/h1-9,11-18,20-23H,10,19H2/b2-1+,18-9-. The molecule has 0 saturated heterocycles. The minimum atomic E-state index is 0.651. The fourth-order valence-corrected chi connectivity index (χ4v) is 5.68. The van der Waals surface area contributed by atoms with Crippen LogP contribution in [0.25, 0.3) is 56.8 Å². The van der Waals surface area contributed by atoms with Crippen molar-refractivity contribution >= 4 is 32.9 Å². The number of nitrogens with zero attached hydrogens (tertiary/aromatic N) is 4. The van der Waals surface area contributed by atoms with Crippen molar-refractivity contribution in [1.29, 1.82) is 0 Å². The maximum atomic E-state index is 4.95. The summed E-state index contributed by atoms with van der Waals surface area (Å²) in [6.07, 6.45) is 10.7. The Morgan fingerprint density at radius 3 is 1.98 bits per heavy atom. The van der Waals surface area contributed by atoms with Crippen LogP contribution in [0.3, 0.4) is 0 Å². The molecule has 0 bridgehead atoms. The molecule has 0 atom stereocenters. The second kappa shape index (κ2) is 10.5. The third-order valence-corrected chi connectivity index (χ3v) is 7.68. The highest BCUT2D eigenvalue weighted by Crippen LogP contribution is 2.35. The van der Waals surface area contributed by atoms with Gasteiger partial charge in [0.1, 0.15) is 0 Å². The highest BCUT2D eigenvalue weighted by molar-refractivity contribution is 9.10. The highest BCUT2D eigenvalue weighted by atomic mass is 79.9. The van der Waals surface area contributed by atoms with Gasteiger partial charge in [-0.05, 0) is 37.1 Å². The number of benzene rings is 4. The van der Waals surface area contributed by atoms with Crippen LogP contribution in [-0.2, 0) is 6.42 Å². The Morgan fingerprint density at radius 2 is 1.27 bits per heavy atom. The molecule has 6 aromatic rings. The molecule has 2 heterocycles. The summed E-state index contributed by atoms with van der Waals surface area (Å²) in [7, 11) is 0. The fourth-order valence-electron chi connectivity index (χ4n) is 5.33. The van der Waals surface area contributed by atoms with E-state index in [0.29, 0.717) is 17.5 Å². The Hall–Kier alpha value is -4.61. The molecule has 0 fully saturated rings. The van der Waals surface area contributed by atoms with E-state index in [0.717, 1.165) is 39.7 Å². The smallest absolute Gasteiger partial charge is 0.164 e. The Morgan fingerprint density at radius 1 is 0.625 bits per heavy atom. The van der Waals surface area contributed by atoms with Crippen LogP contribution in [0.15, 0.2) is 126 Å². The van der Waals surface area contributed by atoms with Crippen molar-refractivity contribution in [2.75, 3.05) is 0 Å². The van der Waals surface area contributed by atoms with Gasteiger partial charge in [0, 0.05) is 43.5 Å². The summed E-state index contributed by atoms with van der Waals surface area (Å²) >= 11 is 3.70. The number of aromatic nitrogens is 4. The van der Waals surface area contributed by atoms with Crippen LogP contribution in [0, 0.1) is 0 Å². The number of hydrogen-bond donors (Lipinski definition) is 0. The highest BCUT2D eigenvalue weighted by Gasteiger charge is 2.19. The van der Waals surface area contributed by atoms with Crippen molar-refractivity contribution in [3.63, 3.8) is 0 Å². The monoisotopic (exact) mass is 580 g/mol. The van der Waals surface area contributed by atoms with E-state index in [4.69, 9.17) is 15.0 Å². The van der Waals surface area contributed by atoms with Crippen molar-refractivity contribution in [2.45, 2.75) is 12.8 Å². The summed E-state index contributed by atoms with van der Waals surface area (Å²) in [5, 5.41) is 1.24. The first-order valence-corrected chi connectivity index (χ1v) is 14.2. The lowest BCUT2D eigenvalue weighted by atomic mass is 10.1. The van der Waals surface area contributed by atoms with Crippen molar-refractivity contribution in [3.8, 4) is 39.9 Å². The Labute approximate surface area is 241 Å². The zero-order valence-corrected chi connectivity index (χ0v) is 23.3. The van der Waals surface area contributed by atoms with Gasteiger partial charge < -0.3 is 4.57 Å². The van der Waals surface area contributed by atoms with E-state index in [2.05, 4.69) is 87.3 Å². The third kappa shape index (κ3) is 4.59. The van der Waals surface area contributed by atoms with Gasteiger partial charge in [0.05, 0.1) is 5.52 Å². The molecule has 0 spiro atoms. The molecule has 0 aliphatic heterocycles. The Bertz CT molecular complexity index is 1850. The largest absolute Gasteiger partial charge is 0.313 e. The van der Waals surface area contributed by atoms with Crippen LogP contribution in [0.5, 0.6) is 0 Å². The van der Waals surface area contributed by atoms with Gasteiger partial charge in [0.2, 0.25) is 0 Å². The summed E-state index contributed by atoms with van der Waals surface area (Å²) in [6, 6.07) is 35.2. The van der Waals surface area contributed by atoms with E-state index in [1.54, 1.807) is 0 Å². The Kier molecular flexibility index (Phi) is 6.42. The number of halogens is 1. The van der Waals surface area contributed by atoms with Gasteiger partial charge in [-0.25, -0.2) is 15.0 Å². The lowest BCUT2D eigenvalue weighted by molar-refractivity contribution is 0.895. The second-order valence-electron chi connectivity index (χ2n) is 9.77. The average Bonchev–Trinajstić information content (AvgIpc) is 3.28. The van der Waals surface area contributed by atoms with Gasteiger partial charge in [-0.2, -0.15) is 0 Å². The van der Waals surface area contributed by atoms with Crippen molar-refractivity contribution in [3.05, 3.63) is 137 Å². The minimum Gasteiger partial charge on any atom is -0.313 e. The van der Waals surface area contributed by atoms with Crippen LogP contribution in [-0.4, -0.2) is 19.5 Å². The number of fused-ring (bicyclic) bond motifs is 3. The summed E-state index contributed by atoms with van der Waals surface area (Å²) in [5.41, 5.74) is 7.70.